The second kappa shape index (κ2) is 8.16. The van der Waals surface area contributed by atoms with Crippen molar-refractivity contribution in [2.45, 2.75) is 70.8 Å². The summed E-state index contributed by atoms with van der Waals surface area (Å²) in [5.41, 5.74) is -0.637. The van der Waals surface area contributed by atoms with E-state index < -0.39 is 23.7 Å². The number of hydrogen-bond acceptors (Lipinski definition) is 6. The van der Waals surface area contributed by atoms with Crippen molar-refractivity contribution in [2.75, 3.05) is 19.8 Å². The molecular formula is C17H29NO6. The Balaban J connectivity index is 1.86. The molecule has 0 bridgehead atoms. The number of nitrogens with one attached hydrogen (secondary N) is 1. The number of alkyl carbamates (subject to hydrolysis) is 1. The van der Waals surface area contributed by atoms with Crippen molar-refractivity contribution in [2.24, 2.45) is 5.92 Å². The molecule has 2 unspecified atom stereocenters. The van der Waals surface area contributed by atoms with Gasteiger partial charge in [-0.25, -0.2) is 9.59 Å². The smallest absolute Gasteiger partial charge is 0.408 e. The molecule has 24 heavy (non-hydrogen) atoms. The van der Waals surface area contributed by atoms with E-state index in [4.69, 9.17) is 18.9 Å². The normalized spacial score (nSPS) is 29.0. The predicted octanol–water partition coefficient (Wildman–Crippen LogP) is 2.03. The molecule has 1 heterocycles. The molecule has 7 heteroatoms. The Morgan fingerprint density at radius 3 is 2.62 bits per heavy atom. The van der Waals surface area contributed by atoms with Crippen LogP contribution in [0, 0.1) is 5.92 Å². The molecule has 1 aliphatic heterocycles. The van der Waals surface area contributed by atoms with Crippen LogP contribution >= 0.6 is 0 Å². The van der Waals surface area contributed by atoms with E-state index in [0.29, 0.717) is 18.9 Å². The van der Waals surface area contributed by atoms with E-state index in [-0.39, 0.29) is 18.8 Å². The Hall–Kier alpha value is -1.34. The Morgan fingerprint density at radius 2 is 2.00 bits per heavy atom. The summed E-state index contributed by atoms with van der Waals surface area (Å²) in [5, 5.41) is 2.51. The molecule has 0 spiro atoms. The third kappa shape index (κ3) is 7.05. The zero-order chi connectivity index (χ0) is 17.7. The van der Waals surface area contributed by atoms with E-state index in [1.54, 1.807) is 20.8 Å². The summed E-state index contributed by atoms with van der Waals surface area (Å²) in [5.74, 6) is 0.147. The summed E-state index contributed by atoms with van der Waals surface area (Å²) in [4.78, 5) is 24.1. The quantitative estimate of drug-likeness (QED) is 0.787. The van der Waals surface area contributed by atoms with Crippen LogP contribution in [0.3, 0.4) is 0 Å². The van der Waals surface area contributed by atoms with Crippen molar-refractivity contribution >= 4 is 12.1 Å². The SMILES string of the molecule is CC1CC(OCC2CC2)COC[C@H](NC(=O)OC(C)(C)C)C(=O)O1. The van der Waals surface area contributed by atoms with E-state index in [1.807, 2.05) is 6.92 Å². The molecule has 0 aromatic carbocycles. The molecule has 2 aliphatic rings. The molecule has 7 nitrogen and oxygen atoms in total. The lowest BCUT2D eigenvalue weighted by Crippen LogP contribution is -2.47. The van der Waals surface area contributed by atoms with Crippen LogP contribution in [0.5, 0.6) is 0 Å². The van der Waals surface area contributed by atoms with Crippen LogP contribution in [-0.4, -0.2) is 55.7 Å². The van der Waals surface area contributed by atoms with E-state index in [1.165, 1.54) is 12.8 Å². The topological polar surface area (TPSA) is 83.1 Å². The predicted molar refractivity (Wildman–Crippen MR) is 86.6 cm³/mol. The molecule has 0 aromatic rings. The second-order valence-corrected chi connectivity index (χ2v) is 7.62. The van der Waals surface area contributed by atoms with Crippen LogP contribution in [0.1, 0.15) is 47.0 Å². The number of hydrogen-bond donors (Lipinski definition) is 1. The van der Waals surface area contributed by atoms with E-state index in [2.05, 4.69) is 5.32 Å². The second-order valence-electron chi connectivity index (χ2n) is 7.62. The lowest BCUT2D eigenvalue weighted by atomic mass is 10.2. The van der Waals surface area contributed by atoms with Gasteiger partial charge in [-0.05, 0) is 46.5 Å². The third-order valence-electron chi connectivity index (χ3n) is 3.74. The van der Waals surface area contributed by atoms with Gasteiger partial charge < -0.3 is 24.3 Å². The molecule has 1 saturated heterocycles. The summed E-state index contributed by atoms with van der Waals surface area (Å²) in [6.07, 6.45) is 1.96. The minimum atomic E-state index is -0.885. The molecule has 1 amide bonds. The van der Waals surface area contributed by atoms with Crippen molar-refractivity contribution < 1.29 is 28.5 Å². The van der Waals surface area contributed by atoms with Gasteiger partial charge in [0.25, 0.3) is 0 Å². The van der Waals surface area contributed by atoms with E-state index in [9.17, 15) is 9.59 Å². The van der Waals surface area contributed by atoms with Gasteiger partial charge >= 0.3 is 12.1 Å². The van der Waals surface area contributed by atoms with Crippen LogP contribution in [0.4, 0.5) is 4.79 Å². The number of amides is 1. The van der Waals surface area contributed by atoms with Gasteiger partial charge in [0.05, 0.1) is 19.3 Å². The number of rotatable bonds is 4. The first-order valence-corrected chi connectivity index (χ1v) is 8.62. The van der Waals surface area contributed by atoms with Gasteiger partial charge in [-0.15, -0.1) is 0 Å². The van der Waals surface area contributed by atoms with Crippen LogP contribution < -0.4 is 5.32 Å². The van der Waals surface area contributed by atoms with Gasteiger partial charge in [-0.3, -0.25) is 0 Å². The van der Waals surface area contributed by atoms with Gasteiger partial charge in [0, 0.05) is 13.0 Å². The Bertz CT molecular complexity index is 443. The minimum absolute atomic E-state index is 0.0358. The largest absolute Gasteiger partial charge is 0.461 e. The summed E-state index contributed by atoms with van der Waals surface area (Å²) in [6.45, 7) is 8.24. The third-order valence-corrected chi connectivity index (χ3v) is 3.74. The van der Waals surface area contributed by atoms with Crippen LogP contribution in [0.25, 0.3) is 0 Å². The number of esters is 1. The van der Waals surface area contributed by atoms with Gasteiger partial charge in [0.15, 0.2) is 6.04 Å². The highest BCUT2D eigenvalue weighted by atomic mass is 16.6. The molecule has 2 fully saturated rings. The zero-order valence-electron chi connectivity index (χ0n) is 15.0. The summed E-state index contributed by atoms with van der Waals surface area (Å²) >= 11 is 0. The maximum Gasteiger partial charge on any atom is 0.408 e. The average Bonchev–Trinajstić information content (AvgIpc) is 3.24. The molecule has 1 N–H and O–H groups in total. The lowest BCUT2D eigenvalue weighted by Gasteiger charge is -2.23. The fraction of sp³-hybridized carbons (Fsp3) is 0.882. The van der Waals surface area contributed by atoms with Crippen LogP contribution in [0.2, 0.25) is 0 Å². The lowest BCUT2D eigenvalue weighted by molar-refractivity contribution is -0.152. The van der Waals surface area contributed by atoms with Gasteiger partial charge in [0.2, 0.25) is 0 Å². The first-order chi connectivity index (χ1) is 11.2. The Kier molecular flexibility index (Phi) is 6.46. The zero-order valence-corrected chi connectivity index (χ0v) is 15.0. The van der Waals surface area contributed by atoms with Crippen LogP contribution in [0.15, 0.2) is 0 Å². The van der Waals surface area contributed by atoms with Gasteiger partial charge in [-0.2, -0.15) is 0 Å². The average molecular weight is 343 g/mol. The molecule has 138 valence electrons. The van der Waals surface area contributed by atoms with E-state index >= 15 is 0 Å². The van der Waals surface area contributed by atoms with Crippen molar-refractivity contribution in [3.8, 4) is 0 Å². The molecule has 1 saturated carbocycles. The number of carbonyl (C=O) groups excluding carboxylic acids is 2. The summed E-state index contributed by atoms with van der Waals surface area (Å²) in [7, 11) is 0. The highest BCUT2D eigenvalue weighted by Crippen LogP contribution is 2.29. The minimum Gasteiger partial charge on any atom is -0.461 e. The first-order valence-electron chi connectivity index (χ1n) is 8.62. The molecule has 1 aliphatic carbocycles. The molecule has 0 aromatic heterocycles. The van der Waals surface area contributed by atoms with Gasteiger partial charge in [0.1, 0.15) is 11.7 Å². The fourth-order valence-electron chi connectivity index (χ4n) is 2.38. The van der Waals surface area contributed by atoms with Gasteiger partial charge in [-0.1, -0.05) is 0 Å². The highest BCUT2D eigenvalue weighted by Gasteiger charge is 2.31. The highest BCUT2D eigenvalue weighted by molar-refractivity contribution is 5.81. The summed E-state index contributed by atoms with van der Waals surface area (Å²) < 4.78 is 22.0. The fourth-order valence-corrected chi connectivity index (χ4v) is 2.38. The number of ether oxygens (including phenoxy) is 4. The van der Waals surface area contributed by atoms with Crippen molar-refractivity contribution in [3.63, 3.8) is 0 Å². The summed E-state index contributed by atoms with van der Waals surface area (Å²) in [6, 6.07) is -0.885. The maximum atomic E-state index is 12.2. The Labute approximate surface area is 143 Å². The van der Waals surface area contributed by atoms with Crippen molar-refractivity contribution in [1.29, 1.82) is 0 Å². The number of carbonyl (C=O) groups is 2. The first kappa shape index (κ1) is 19.0. The number of cyclic esters (lactones) is 1. The molecule has 3 atom stereocenters. The standard InChI is InChI=1S/C17H29NO6/c1-11-7-13(22-8-12-5-6-12)9-21-10-14(15(19)23-11)18-16(20)24-17(2,3)4/h11-14H,5-10H2,1-4H3,(H,18,20)/t11?,13?,14-/m0/s1. The van der Waals surface area contributed by atoms with Crippen molar-refractivity contribution in [1.82, 2.24) is 5.32 Å². The maximum absolute atomic E-state index is 12.2. The molecule has 2 rings (SSSR count). The molecular weight excluding hydrogens is 314 g/mol. The Morgan fingerprint density at radius 1 is 1.29 bits per heavy atom. The van der Waals surface area contributed by atoms with E-state index in [0.717, 1.165) is 6.61 Å². The van der Waals surface area contributed by atoms with Crippen LogP contribution in [-0.2, 0) is 23.7 Å². The monoisotopic (exact) mass is 343 g/mol. The molecule has 0 radical (unpaired) electrons. The van der Waals surface area contributed by atoms with Crippen molar-refractivity contribution in [3.05, 3.63) is 0 Å².